The fourth-order valence-corrected chi connectivity index (χ4v) is 1.57. The molecule has 0 aromatic carbocycles. The molecule has 1 aromatic rings. The van der Waals surface area contributed by atoms with Gasteiger partial charge in [0, 0.05) is 17.0 Å². The number of carboxylic acids is 1. The van der Waals surface area contributed by atoms with Crippen molar-refractivity contribution < 1.29 is 9.90 Å². The van der Waals surface area contributed by atoms with Crippen LogP contribution in [0.2, 0.25) is 0 Å². The Bertz CT molecular complexity index is 379. The van der Waals surface area contributed by atoms with Crippen LogP contribution in [-0.4, -0.2) is 40.0 Å². The predicted octanol–water partition coefficient (Wildman–Crippen LogP) is 0.782. The topological polar surface area (TPSA) is 66.3 Å². The van der Waals surface area contributed by atoms with Crippen LogP contribution in [-0.2, 0) is 17.8 Å². The van der Waals surface area contributed by atoms with Crippen LogP contribution < -0.4 is 0 Å². The Morgan fingerprint density at radius 3 is 2.12 bits per heavy atom. The molecule has 16 heavy (non-hydrogen) atoms. The van der Waals surface area contributed by atoms with Crippen LogP contribution in [0.15, 0.2) is 0 Å². The van der Waals surface area contributed by atoms with Crippen molar-refractivity contribution in [2.24, 2.45) is 0 Å². The van der Waals surface area contributed by atoms with E-state index in [0.717, 1.165) is 22.8 Å². The average molecular weight is 223 g/mol. The summed E-state index contributed by atoms with van der Waals surface area (Å²) in [7, 11) is 3.89. The Morgan fingerprint density at radius 1 is 1.25 bits per heavy atom. The summed E-state index contributed by atoms with van der Waals surface area (Å²) < 4.78 is 0. The van der Waals surface area contributed by atoms with Crippen LogP contribution in [0.4, 0.5) is 0 Å². The summed E-state index contributed by atoms with van der Waals surface area (Å²) in [6.07, 6.45) is -0.0140. The number of rotatable bonds is 4. The van der Waals surface area contributed by atoms with E-state index < -0.39 is 5.97 Å². The lowest BCUT2D eigenvalue weighted by molar-refractivity contribution is -0.136. The minimum Gasteiger partial charge on any atom is -0.481 e. The molecule has 0 spiro atoms. The van der Waals surface area contributed by atoms with Crippen molar-refractivity contribution >= 4 is 5.97 Å². The number of carbonyl (C=O) groups is 1. The number of aliphatic carboxylic acids is 1. The van der Waals surface area contributed by atoms with Crippen molar-refractivity contribution in [3.63, 3.8) is 0 Å². The molecule has 0 atom stereocenters. The number of hydrogen-bond donors (Lipinski definition) is 1. The Morgan fingerprint density at radius 2 is 1.75 bits per heavy atom. The van der Waals surface area contributed by atoms with Crippen molar-refractivity contribution in [2.45, 2.75) is 26.8 Å². The highest BCUT2D eigenvalue weighted by molar-refractivity contribution is 5.70. The largest absolute Gasteiger partial charge is 0.481 e. The van der Waals surface area contributed by atoms with E-state index in [0.29, 0.717) is 6.54 Å². The standard InChI is InChI=1S/C11H17N3O2/c1-7-9(5-11(15)16)8(2)13-10(12-7)6-14(3)4/h5-6H2,1-4H3,(H,15,16). The maximum Gasteiger partial charge on any atom is 0.307 e. The Kier molecular flexibility index (Phi) is 3.95. The lowest BCUT2D eigenvalue weighted by Crippen LogP contribution is -2.16. The zero-order chi connectivity index (χ0) is 12.3. The van der Waals surface area contributed by atoms with Crippen LogP contribution in [0, 0.1) is 13.8 Å². The summed E-state index contributed by atoms with van der Waals surface area (Å²) in [5.74, 6) is -0.121. The van der Waals surface area contributed by atoms with Gasteiger partial charge in [-0.05, 0) is 27.9 Å². The van der Waals surface area contributed by atoms with Crippen LogP contribution in [0.1, 0.15) is 22.8 Å². The number of hydrogen-bond acceptors (Lipinski definition) is 4. The van der Waals surface area contributed by atoms with Crippen molar-refractivity contribution in [3.05, 3.63) is 22.8 Å². The Labute approximate surface area is 95.1 Å². The molecule has 0 saturated heterocycles. The molecule has 1 heterocycles. The molecule has 0 saturated carbocycles. The molecule has 0 aliphatic carbocycles. The first-order valence-electron chi connectivity index (χ1n) is 5.09. The SMILES string of the molecule is Cc1nc(CN(C)C)nc(C)c1CC(=O)O. The highest BCUT2D eigenvalue weighted by Crippen LogP contribution is 2.11. The van der Waals surface area contributed by atoms with Crippen molar-refractivity contribution in [1.82, 2.24) is 14.9 Å². The minimum absolute atomic E-state index is 0.0140. The van der Waals surface area contributed by atoms with E-state index in [1.165, 1.54) is 0 Å². The van der Waals surface area contributed by atoms with Gasteiger partial charge in [0.2, 0.25) is 0 Å². The molecular formula is C11H17N3O2. The molecule has 0 aliphatic heterocycles. The van der Waals surface area contributed by atoms with Gasteiger partial charge in [-0.3, -0.25) is 4.79 Å². The average Bonchev–Trinajstić information content (AvgIpc) is 2.10. The van der Waals surface area contributed by atoms with E-state index in [1.54, 1.807) is 0 Å². The Hall–Kier alpha value is -1.49. The normalized spacial score (nSPS) is 10.8. The molecule has 0 aliphatic rings. The van der Waals surface area contributed by atoms with E-state index in [9.17, 15) is 4.79 Å². The van der Waals surface area contributed by atoms with Gasteiger partial charge in [-0.2, -0.15) is 0 Å². The smallest absolute Gasteiger partial charge is 0.307 e. The number of nitrogens with zero attached hydrogens (tertiary/aromatic N) is 3. The summed E-state index contributed by atoms with van der Waals surface area (Å²) >= 11 is 0. The maximum absolute atomic E-state index is 10.7. The van der Waals surface area contributed by atoms with E-state index in [4.69, 9.17) is 5.11 Å². The van der Waals surface area contributed by atoms with E-state index >= 15 is 0 Å². The highest BCUT2D eigenvalue weighted by Gasteiger charge is 2.11. The minimum atomic E-state index is -0.852. The van der Waals surface area contributed by atoms with Crippen LogP contribution in [0.5, 0.6) is 0 Å². The van der Waals surface area contributed by atoms with Gasteiger partial charge in [-0.25, -0.2) is 9.97 Å². The number of carboxylic acid groups (broad SMARTS) is 1. The second-order valence-electron chi connectivity index (χ2n) is 4.10. The summed E-state index contributed by atoms with van der Waals surface area (Å²) in [6, 6.07) is 0. The molecular weight excluding hydrogens is 206 g/mol. The zero-order valence-electron chi connectivity index (χ0n) is 10.1. The van der Waals surface area contributed by atoms with E-state index in [1.807, 2.05) is 32.8 Å². The van der Waals surface area contributed by atoms with Crippen LogP contribution in [0.3, 0.4) is 0 Å². The van der Waals surface area contributed by atoms with Gasteiger partial charge in [-0.1, -0.05) is 0 Å². The first kappa shape index (κ1) is 12.6. The molecule has 0 amide bonds. The van der Waals surface area contributed by atoms with Crippen LogP contribution >= 0.6 is 0 Å². The lowest BCUT2D eigenvalue weighted by Gasteiger charge is -2.12. The molecule has 5 nitrogen and oxygen atoms in total. The second-order valence-corrected chi connectivity index (χ2v) is 4.10. The highest BCUT2D eigenvalue weighted by atomic mass is 16.4. The molecule has 1 aromatic heterocycles. The van der Waals surface area contributed by atoms with Crippen molar-refractivity contribution in [2.75, 3.05) is 14.1 Å². The maximum atomic E-state index is 10.7. The fourth-order valence-electron chi connectivity index (χ4n) is 1.57. The Balaban J connectivity index is 3.02. The van der Waals surface area contributed by atoms with Gasteiger partial charge in [0.15, 0.2) is 0 Å². The summed E-state index contributed by atoms with van der Waals surface area (Å²) in [6.45, 7) is 4.31. The molecule has 1 rings (SSSR count). The van der Waals surface area contributed by atoms with Gasteiger partial charge < -0.3 is 10.0 Å². The molecule has 5 heteroatoms. The third-order valence-electron chi connectivity index (χ3n) is 2.25. The van der Waals surface area contributed by atoms with E-state index in [2.05, 4.69) is 9.97 Å². The van der Waals surface area contributed by atoms with Gasteiger partial charge in [0.25, 0.3) is 0 Å². The summed E-state index contributed by atoms with van der Waals surface area (Å²) in [5, 5.41) is 8.77. The number of aryl methyl sites for hydroxylation is 2. The third-order valence-corrected chi connectivity index (χ3v) is 2.25. The zero-order valence-corrected chi connectivity index (χ0v) is 10.1. The number of aromatic nitrogens is 2. The lowest BCUT2D eigenvalue weighted by atomic mass is 10.1. The summed E-state index contributed by atoms with van der Waals surface area (Å²) in [4.78, 5) is 21.3. The first-order valence-corrected chi connectivity index (χ1v) is 5.09. The quantitative estimate of drug-likeness (QED) is 0.817. The third kappa shape index (κ3) is 3.27. The summed E-state index contributed by atoms with van der Waals surface area (Å²) in [5.41, 5.74) is 2.23. The van der Waals surface area contributed by atoms with Crippen LogP contribution in [0.25, 0.3) is 0 Å². The fraction of sp³-hybridized carbons (Fsp3) is 0.545. The van der Waals surface area contributed by atoms with Gasteiger partial charge in [-0.15, -0.1) is 0 Å². The molecule has 1 N–H and O–H groups in total. The molecule has 0 unspecified atom stereocenters. The van der Waals surface area contributed by atoms with Crippen molar-refractivity contribution in [1.29, 1.82) is 0 Å². The monoisotopic (exact) mass is 223 g/mol. The van der Waals surface area contributed by atoms with Crippen molar-refractivity contribution in [3.8, 4) is 0 Å². The second kappa shape index (κ2) is 5.03. The molecule has 0 radical (unpaired) electrons. The van der Waals surface area contributed by atoms with Gasteiger partial charge in [0.05, 0.1) is 13.0 Å². The first-order chi connectivity index (χ1) is 7.40. The van der Waals surface area contributed by atoms with E-state index in [-0.39, 0.29) is 6.42 Å². The molecule has 0 bridgehead atoms. The van der Waals surface area contributed by atoms with Gasteiger partial charge >= 0.3 is 5.97 Å². The molecule has 0 fully saturated rings. The predicted molar refractivity (Wildman–Crippen MR) is 60.2 cm³/mol. The van der Waals surface area contributed by atoms with Gasteiger partial charge in [0.1, 0.15) is 5.82 Å². The molecule has 88 valence electrons.